The minimum atomic E-state index is -4.39. The number of hydrogen-bond acceptors (Lipinski definition) is 3. The Hall–Kier alpha value is -1.97. The Labute approximate surface area is 174 Å². The van der Waals surface area contributed by atoms with Gasteiger partial charge < -0.3 is 0 Å². The van der Waals surface area contributed by atoms with Crippen molar-refractivity contribution in [3.8, 4) is 0 Å². The van der Waals surface area contributed by atoms with Crippen LogP contribution in [0.15, 0.2) is 47.4 Å². The molecular formula is C21H24F4N2O2S. The van der Waals surface area contributed by atoms with Gasteiger partial charge in [0, 0.05) is 25.7 Å². The number of halogens is 4. The molecule has 9 heteroatoms. The number of sulfonamides is 1. The first kappa shape index (κ1) is 22.7. The van der Waals surface area contributed by atoms with E-state index in [9.17, 15) is 26.0 Å². The smallest absolute Gasteiger partial charge is 0.299 e. The van der Waals surface area contributed by atoms with Crippen LogP contribution in [0.4, 0.5) is 17.6 Å². The van der Waals surface area contributed by atoms with Crippen LogP contribution in [-0.4, -0.2) is 43.8 Å². The molecule has 1 heterocycles. The largest absolute Gasteiger partial charge is 0.416 e. The Balaban J connectivity index is 1.65. The van der Waals surface area contributed by atoms with Crippen LogP contribution in [0.1, 0.15) is 29.5 Å². The van der Waals surface area contributed by atoms with E-state index in [-0.39, 0.29) is 24.0 Å². The Morgan fingerprint density at radius 1 is 1.10 bits per heavy atom. The quantitative estimate of drug-likeness (QED) is 0.641. The first-order valence-electron chi connectivity index (χ1n) is 9.61. The molecule has 1 saturated heterocycles. The van der Waals surface area contributed by atoms with Crippen LogP contribution in [0, 0.1) is 12.7 Å². The molecule has 30 heavy (non-hydrogen) atoms. The van der Waals surface area contributed by atoms with Gasteiger partial charge in [-0.15, -0.1) is 0 Å². The number of aryl methyl sites for hydroxylation is 1. The van der Waals surface area contributed by atoms with Gasteiger partial charge in [0.2, 0.25) is 10.0 Å². The summed E-state index contributed by atoms with van der Waals surface area (Å²) in [6, 6.07) is 8.97. The minimum Gasteiger partial charge on any atom is -0.299 e. The van der Waals surface area contributed by atoms with Gasteiger partial charge in [-0.1, -0.05) is 24.3 Å². The third kappa shape index (κ3) is 5.01. The first-order chi connectivity index (χ1) is 14.0. The molecule has 1 fully saturated rings. The average Bonchev–Trinajstić information content (AvgIpc) is 2.69. The summed E-state index contributed by atoms with van der Waals surface area (Å²) >= 11 is 0. The van der Waals surface area contributed by atoms with Gasteiger partial charge in [-0.3, -0.25) is 4.90 Å². The molecule has 0 radical (unpaired) electrons. The molecule has 3 rings (SSSR count). The second-order valence-electron chi connectivity index (χ2n) is 7.66. The van der Waals surface area contributed by atoms with Gasteiger partial charge in [0.05, 0.1) is 10.5 Å². The van der Waals surface area contributed by atoms with Gasteiger partial charge in [0.25, 0.3) is 0 Å². The van der Waals surface area contributed by atoms with E-state index in [4.69, 9.17) is 0 Å². The van der Waals surface area contributed by atoms with Crippen LogP contribution in [0.2, 0.25) is 0 Å². The van der Waals surface area contributed by atoms with Crippen LogP contribution in [0.5, 0.6) is 0 Å². The summed E-state index contributed by atoms with van der Waals surface area (Å²) < 4.78 is 79.4. The van der Waals surface area contributed by atoms with Gasteiger partial charge in [-0.2, -0.15) is 17.5 Å². The molecule has 164 valence electrons. The van der Waals surface area contributed by atoms with E-state index in [1.807, 2.05) is 11.9 Å². The van der Waals surface area contributed by atoms with Crippen LogP contribution in [0.25, 0.3) is 0 Å². The number of alkyl halides is 3. The highest BCUT2D eigenvalue weighted by Crippen LogP contribution is 2.30. The van der Waals surface area contributed by atoms with Crippen molar-refractivity contribution in [1.29, 1.82) is 0 Å². The topological polar surface area (TPSA) is 40.6 Å². The lowest BCUT2D eigenvalue weighted by atomic mass is 10.0. The molecule has 0 spiro atoms. The fourth-order valence-corrected chi connectivity index (χ4v) is 5.48. The maximum absolute atomic E-state index is 13.6. The van der Waals surface area contributed by atoms with E-state index in [1.54, 1.807) is 13.0 Å². The summed E-state index contributed by atoms with van der Waals surface area (Å²) in [5.41, 5.74) is 0.359. The van der Waals surface area contributed by atoms with Crippen molar-refractivity contribution in [3.05, 3.63) is 65.0 Å². The lowest BCUT2D eigenvalue weighted by Crippen LogP contribution is -2.45. The maximum Gasteiger partial charge on any atom is 0.416 e. The van der Waals surface area contributed by atoms with Gasteiger partial charge in [-0.05, 0) is 56.1 Å². The maximum atomic E-state index is 13.6. The van der Waals surface area contributed by atoms with E-state index in [2.05, 4.69) is 0 Å². The van der Waals surface area contributed by atoms with E-state index in [0.29, 0.717) is 30.5 Å². The van der Waals surface area contributed by atoms with Crippen molar-refractivity contribution in [1.82, 2.24) is 9.21 Å². The molecule has 0 aliphatic carbocycles. The number of piperidine rings is 1. The summed E-state index contributed by atoms with van der Waals surface area (Å²) in [6.45, 7) is 2.51. The third-order valence-electron chi connectivity index (χ3n) is 5.50. The lowest BCUT2D eigenvalue weighted by molar-refractivity contribution is -0.137. The van der Waals surface area contributed by atoms with Gasteiger partial charge >= 0.3 is 6.18 Å². The lowest BCUT2D eigenvalue weighted by Gasteiger charge is -2.36. The van der Waals surface area contributed by atoms with Gasteiger partial charge in [-0.25, -0.2) is 12.8 Å². The average molecular weight is 444 g/mol. The van der Waals surface area contributed by atoms with E-state index < -0.39 is 27.6 Å². The molecule has 0 N–H and O–H groups in total. The molecule has 0 unspecified atom stereocenters. The van der Waals surface area contributed by atoms with Crippen molar-refractivity contribution < 1.29 is 26.0 Å². The van der Waals surface area contributed by atoms with Crippen molar-refractivity contribution in [3.63, 3.8) is 0 Å². The van der Waals surface area contributed by atoms with Crippen LogP contribution in [-0.2, 0) is 22.7 Å². The van der Waals surface area contributed by atoms with Crippen molar-refractivity contribution in [2.75, 3.05) is 20.1 Å². The predicted octanol–water partition coefficient (Wildman–Crippen LogP) is 4.44. The highest BCUT2D eigenvalue weighted by Gasteiger charge is 2.33. The molecule has 2 aromatic carbocycles. The zero-order valence-electron chi connectivity index (χ0n) is 16.8. The molecule has 0 aromatic heterocycles. The van der Waals surface area contributed by atoms with E-state index in [1.165, 1.54) is 22.5 Å². The molecule has 2 aromatic rings. The third-order valence-corrected chi connectivity index (χ3v) is 7.54. The predicted molar refractivity (Wildman–Crippen MR) is 106 cm³/mol. The van der Waals surface area contributed by atoms with E-state index in [0.717, 1.165) is 18.2 Å². The second kappa shape index (κ2) is 8.64. The molecule has 0 atom stereocenters. The number of hydrogen-bond donors (Lipinski definition) is 0. The van der Waals surface area contributed by atoms with E-state index >= 15 is 0 Å². The van der Waals surface area contributed by atoms with Crippen LogP contribution >= 0.6 is 0 Å². The summed E-state index contributed by atoms with van der Waals surface area (Å²) in [5.74, 6) is -0.602. The Kier molecular flexibility index (Phi) is 6.54. The fraction of sp³-hybridized carbons (Fsp3) is 0.429. The van der Waals surface area contributed by atoms with Crippen molar-refractivity contribution in [2.45, 2.75) is 43.4 Å². The Morgan fingerprint density at radius 3 is 2.40 bits per heavy atom. The highest BCUT2D eigenvalue weighted by atomic mass is 32.2. The Bertz CT molecular complexity index is 1000. The molecule has 0 amide bonds. The Morgan fingerprint density at radius 2 is 1.77 bits per heavy atom. The van der Waals surface area contributed by atoms with Crippen molar-refractivity contribution in [2.24, 2.45) is 0 Å². The van der Waals surface area contributed by atoms with Crippen LogP contribution in [0.3, 0.4) is 0 Å². The summed E-state index contributed by atoms with van der Waals surface area (Å²) in [7, 11) is -1.97. The van der Waals surface area contributed by atoms with Gasteiger partial charge in [0.15, 0.2) is 0 Å². The monoisotopic (exact) mass is 444 g/mol. The standard InChI is InChI=1S/C21H24F4N2O2S/c1-15-6-7-18(22)13-20(15)30(28,29)27-10-8-19(9-11-27)26(2)14-16-4-3-5-17(12-16)21(23,24)25/h3-7,12-13,19H,8-11,14H2,1-2H3. The number of benzene rings is 2. The SMILES string of the molecule is Cc1ccc(F)cc1S(=O)(=O)N1CCC(N(C)Cc2cccc(C(F)(F)F)c2)CC1. The normalized spacial score (nSPS) is 16.9. The zero-order chi connectivity index (χ0) is 22.1. The fourth-order valence-electron chi connectivity index (χ4n) is 3.78. The van der Waals surface area contributed by atoms with Gasteiger partial charge in [0.1, 0.15) is 5.82 Å². The summed E-state index contributed by atoms with van der Waals surface area (Å²) in [6.07, 6.45) is -3.30. The molecular weight excluding hydrogens is 420 g/mol. The number of rotatable bonds is 5. The van der Waals surface area contributed by atoms with Crippen LogP contribution < -0.4 is 0 Å². The second-order valence-corrected chi connectivity index (χ2v) is 9.56. The number of nitrogens with zero attached hydrogens (tertiary/aromatic N) is 2. The van der Waals surface area contributed by atoms with Crippen molar-refractivity contribution >= 4 is 10.0 Å². The zero-order valence-corrected chi connectivity index (χ0v) is 17.6. The summed E-state index contributed by atoms with van der Waals surface area (Å²) in [4.78, 5) is 1.92. The molecule has 0 saturated carbocycles. The molecule has 1 aliphatic heterocycles. The first-order valence-corrected chi connectivity index (χ1v) is 11.0. The highest BCUT2D eigenvalue weighted by molar-refractivity contribution is 7.89. The molecule has 0 bridgehead atoms. The minimum absolute atomic E-state index is 0.0294. The molecule has 4 nitrogen and oxygen atoms in total. The summed E-state index contributed by atoms with van der Waals surface area (Å²) in [5, 5.41) is 0. The molecule has 1 aliphatic rings.